The van der Waals surface area contributed by atoms with Crippen LogP contribution >= 0.6 is 11.8 Å². The highest BCUT2D eigenvalue weighted by Crippen LogP contribution is 2.40. The second-order valence-corrected chi connectivity index (χ2v) is 7.93. The molecule has 4 heteroatoms. The van der Waals surface area contributed by atoms with Gasteiger partial charge in [0.1, 0.15) is 5.75 Å². The van der Waals surface area contributed by atoms with Gasteiger partial charge in [-0.05, 0) is 48.1 Å². The summed E-state index contributed by atoms with van der Waals surface area (Å²) in [6, 6.07) is 7.82. The molecule has 0 spiro atoms. The molecule has 1 aliphatic rings. The summed E-state index contributed by atoms with van der Waals surface area (Å²) in [6.45, 7) is 10.4. The van der Waals surface area contributed by atoms with Gasteiger partial charge in [0.2, 0.25) is 0 Å². The molecule has 3 nitrogen and oxygen atoms in total. The number of ketones is 1. The summed E-state index contributed by atoms with van der Waals surface area (Å²) in [6.07, 6.45) is 10.0. The number of hydrogen-bond acceptors (Lipinski definition) is 4. The Balaban J connectivity index is 2.11. The highest BCUT2D eigenvalue weighted by Gasteiger charge is 2.23. The lowest BCUT2D eigenvalue weighted by Gasteiger charge is -2.26. The minimum absolute atomic E-state index is 0.0529. The van der Waals surface area contributed by atoms with Gasteiger partial charge >= 0.3 is 0 Å². The Morgan fingerprint density at radius 1 is 1.38 bits per heavy atom. The zero-order valence-corrected chi connectivity index (χ0v) is 18.1. The smallest absolute Gasteiger partial charge is 0.186 e. The number of methoxy groups -OCH3 is 1. The van der Waals surface area contributed by atoms with Crippen LogP contribution in [0.4, 0.5) is 0 Å². The van der Waals surface area contributed by atoms with Gasteiger partial charge in [0.05, 0.1) is 7.11 Å². The summed E-state index contributed by atoms with van der Waals surface area (Å²) < 4.78 is 5.44. The van der Waals surface area contributed by atoms with Crippen molar-refractivity contribution in [2.24, 2.45) is 11.1 Å². The van der Waals surface area contributed by atoms with Crippen molar-refractivity contribution in [3.63, 3.8) is 0 Å². The van der Waals surface area contributed by atoms with Crippen molar-refractivity contribution in [1.29, 1.82) is 0 Å². The van der Waals surface area contributed by atoms with Gasteiger partial charge < -0.3 is 10.5 Å². The molecule has 1 unspecified atom stereocenters. The average Bonchev–Trinajstić information content (AvgIpc) is 2.73. The number of hydrogen-bond donors (Lipinski definition) is 1. The Bertz CT molecular complexity index is 903. The first-order valence-electron chi connectivity index (χ1n) is 9.69. The Kier molecular flexibility index (Phi) is 8.53. The monoisotopic (exact) mass is 407 g/mol. The molecule has 0 aliphatic carbocycles. The number of carbonyl (C=O) groups is 1. The zero-order chi connectivity index (χ0) is 21.3. The number of allylic oxidation sites excluding steroid dienone is 5. The maximum Gasteiger partial charge on any atom is 0.186 e. The van der Waals surface area contributed by atoms with Gasteiger partial charge in [0.15, 0.2) is 5.78 Å². The van der Waals surface area contributed by atoms with E-state index >= 15 is 0 Å². The minimum atomic E-state index is -0.198. The van der Waals surface area contributed by atoms with Crippen LogP contribution in [0.1, 0.15) is 31.7 Å². The fourth-order valence-electron chi connectivity index (χ4n) is 3.36. The number of thioether (sulfide) groups is 1. The molecule has 2 rings (SSSR count). The van der Waals surface area contributed by atoms with Crippen LogP contribution < -0.4 is 10.5 Å². The van der Waals surface area contributed by atoms with E-state index in [1.165, 1.54) is 11.8 Å². The molecule has 1 aromatic carbocycles. The lowest BCUT2D eigenvalue weighted by atomic mass is 9.80. The molecule has 0 aromatic heterocycles. The van der Waals surface area contributed by atoms with Crippen LogP contribution in [0, 0.1) is 5.41 Å². The van der Waals surface area contributed by atoms with Crippen LogP contribution in [0.15, 0.2) is 84.0 Å². The molecule has 0 fully saturated rings. The predicted molar refractivity (Wildman–Crippen MR) is 125 cm³/mol. The van der Waals surface area contributed by atoms with E-state index in [-0.39, 0.29) is 11.2 Å². The highest BCUT2D eigenvalue weighted by molar-refractivity contribution is 8.11. The SMILES string of the molecule is C=C=CC(CN)(C/C=C/C(=O)C1=CSC(c2ccccc2OC)=CC1=C)CCC. The number of carbonyl (C=O) groups excluding carboxylic acids is 1. The van der Waals surface area contributed by atoms with Crippen molar-refractivity contribution in [2.75, 3.05) is 13.7 Å². The van der Waals surface area contributed by atoms with Crippen molar-refractivity contribution >= 4 is 22.5 Å². The van der Waals surface area contributed by atoms with Crippen molar-refractivity contribution in [3.8, 4) is 5.75 Å². The molecule has 1 aromatic rings. The van der Waals surface area contributed by atoms with Gasteiger partial charge in [-0.1, -0.05) is 62.5 Å². The second-order valence-electron chi connectivity index (χ2n) is 7.02. The third kappa shape index (κ3) is 5.74. The number of ether oxygens (including phenoxy) is 1. The van der Waals surface area contributed by atoms with Gasteiger partial charge in [-0.2, -0.15) is 0 Å². The maximum atomic E-state index is 12.7. The third-order valence-electron chi connectivity index (χ3n) is 4.95. The standard InChI is InChI=1S/C25H29NO2S/c1-5-13-25(18-26,14-6-2)15-9-11-22(27)21-17-29-24(16-19(21)3)20-10-7-8-12-23(20)28-4/h7-13,16-17H,1,3,6,14-15,18,26H2,2,4H3/b11-9+. The molecule has 0 amide bonds. The molecular weight excluding hydrogens is 378 g/mol. The van der Waals surface area contributed by atoms with E-state index in [4.69, 9.17) is 10.5 Å². The van der Waals surface area contributed by atoms with E-state index in [1.54, 1.807) is 13.2 Å². The quantitative estimate of drug-likeness (QED) is 0.392. The van der Waals surface area contributed by atoms with Gasteiger partial charge in [0, 0.05) is 28.0 Å². The number of para-hydroxylation sites is 1. The summed E-state index contributed by atoms with van der Waals surface area (Å²) in [5.74, 6) is 0.745. The van der Waals surface area contributed by atoms with Crippen LogP contribution in [0.2, 0.25) is 0 Å². The van der Waals surface area contributed by atoms with E-state index in [0.717, 1.165) is 29.1 Å². The molecule has 0 saturated carbocycles. The van der Waals surface area contributed by atoms with E-state index in [0.29, 0.717) is 24.1 Å². The van der Waals surface area contributed by atoms with Crippen LogP contribution in [-0.4, -0.2) is 19.4 Å². The zero-order valence-electron chi connectivity index (χ0n) is 17.2. The fourth-order valence-corrected chi connectivity index (χ4v) is 4.37. The number of benzene rings is 1. The Morgan fingerprint density at radius 3 is 2.76 bits per heavy atom. The topological polar surface area (TPSA) is 52.3 Å². The molecule has 0 bridgehead atoms. The Hall–Kier alpha value is -2.52. The minimum Gasteiger partial charge on any atom is -0.496 e. The van der Waals surface area contributed by atoms with E-state index in [9.17, 15) is 4.79 Å². The van der Waals surface area contributed by atoms with E-state index in [1.807, 2.05) is 47.9 Å². The predicted octanol–water partition coefficient (Wildman–Crippen LogP) is 5.82. The van der Waals surface area contributed by atoms with Crippen LogP contribution in [0.5, 0.6) is 5.75 Å². The first-order valence-corrected chi connectivity index (χ1v) is 10.6. The number of rotatable bonds is 10. The lowest BCUT2D eigenvalue weighted by Crippen LogP contribution is -2.27. The van der Waals surface area contributed by atoms with Crippen molar-refractivity contribution in [3.05, 3.63) is 89.6 Å². The van der Waals surface area contributed by atoms with Crippen LogP contribution in [0.3, 0.4) is 0 Å². The van der Waals surface area contributed by atoms with Gasteiger partial charge in [-0.15, -0.1) is 5.73 Å². The van der Waals surface area contributed by atoms with E-state index < -0.39 is 0 Å². The summed E-state index contributed by atoms with van der Waals surface area (Å²) >= 11 is 1.50. The first kappa shape index (κ1) is 22.8. The Morgan fingerprint density at radius 2 is 2.14 bits per heavy atom. The van der Waals surface area contributed by atoms with Crippen LogP contribution in [-0.2, 0) is 4.79 Å². The lowest BCUT2D eigenvalue weighted by molar-refractivity contribution is -0.111. The molecule has 1 heterocycles. The third-order valence-corrected chi connectivity index (χ3v) is 5.89. The second kappa shape index (κ2) is 10.9. The van der Waals surface area contributed by atoms with Crippen molar-refractivity contribution in [1.82, 2.24) is 0 Å². The maximum absolute atomic E-state index is 12.7. The molecule has 2 N–H and O–H groups in total. The molecular formula is C25H29NO2S. The summed E-state index contributed by atoms with van der Waals surface area (Å²) in [7, 11) is 1.65. The van der Waals surface area contributed by atoms with Gasteiger partial charge in [-0.25, -0.2) is 0 Å². The number of nitrogens with two attached hydrogens (primary N) is 1. The summed E-state index contributed by atoms with van der Waals surface area (Å²) in [4.78, 5) is 13.7. The van der Waals surface area contributed by atoms with Gasteiger partial charge in [0.25, 0.3) is 0 Å². The van der Waals surface area contributed by atoms with Crippen molar-refractivity contribution < 1.29 is 9.53 Å². The fraction of sp³-hybridized carbons (Fsp3) is 0.280. The first-order chi connectivity index (χ1) is 14.0. The molecule has 0 radical (unpaired) electrons. The molecule has 0 saturated heterocycles. The van der Waals surface area contributed by atoms with Crippen LogP contribution in [0.25, 0.3) is 4.91 Å². The Labute approximate surface area is 178 Å². The average molecular weight is 408 g/mol. The summed E-state index contributed by atoms with van der Waals surface area (Å²) in [5.41, 5.74) is 11.0. The summed E-state index contributed by atoms with van der Waals surface area (Å²) in [5, 5.41) is 1.86. The molecule has 152 valence electrons. The molecule has 1 atom stereocenters. The van der Waals surface area contributed by atoms with Crippen molar-refractivity contribution in [2.45, 2.75) is 26.2 Å². The van der Waals surface area contributed by atoms with E-state index in [2.05, 4.69) is 25.8 Å². The normalized spacial score (nSPS) is 15.9. The largest absolute Gasteiger partial charge is 0.496 e. The molecule has 29 heavy (non-hydrogen) atoms. The highest BCUT2D eigenvalue weighted by atomic mass is 32.2. The van der Waals surface area contributed by atoms with Gasteiger partial charge in [-0.3, -0.25) is 4.79 Å². The molecule has 1 aliphatic heterocycles.